The minimum Gasteiger partial charge on any atom is -0.399 e. The third-order valence-corrected chi connectivity index (χ3v) is 2.93. The Bertz CT molecular complexity index is 496. The highest BCUT2D eigenvalue weighted by molar-refractivity contribution is 7.07. The smallest absolute Gasteiger partial charge is 0.251 e. The topological polar surface area (TPSA) is 68.0 Å². The lowest BCUT2D eigenvalue weighted by Gasteiger charge is -2.04. The van der Waals surface area contributed by atoms with Gasteiger partial charge in [-0.2, -0.15) is 0 Å². The van der Waals surface area contributed by atoms with Gasteiger partial charge in [0.2, 0.25) is 0 Å². The molecule has 2 rings (SSSR count). The fourth-order valence-corrected chi connectivity index (χ4v) is 2.04. The number of carbonyl (C=O) groups is 1. The number of hydrogen-bond donors (Lipinski definition) is 2. The number of rotatable bonds is 4. The van der Waals surface area contributed by atoms with Crippen LogP contribution in [0.3, 0.4) is 0 Å². The Morgan fingerprint density at radius 1 is 1.47 bits per heavy atom. The van der Waals surface area contributed by atoms with E-state index in [1.165, 1.54) is 0 Å². The van der Waals surface area contributed by atoms with E-state index in [0.29, 0.717) is 17.8 Å². The Kier molecular flexibility index (Phi) is 3.72. The van der Waals surface area contributed by atoms with Gasteiger partial charge in [0.1, 0.15) is 0 Å². The zero-order valence-corrected chi connectivity index (χ0v) is 10.0. The highest BCUT2D eigenvalue weighted by Gasteiger charge is 2.04. The van der Waals surface area contributed by atoms with Crippen molar-refractivity contribution >= 4 is 22.9 Å². The third kappa shape index (κ3) is 3.29. The number of thiazole rings is 1. The summed E-state index contributed by atoms with van der Waals surface area (Å²) in [4.78, 5) is 15.9. The van der Waals surface area contributed by atoms with Crippen LogP contribution in [0.25, 0.3) is 0 Å². The Balaban J connectivity index is 1.85. The van der Waals surface area contributed by atoms with Crippen molar-refractivity contribution in [2.45, 2.75) is 6.42 Å². The summed E-state index contributed by atoms with van der Waals surface area (Å²) < 4.78 is 0. The number of benzene rings is 1. The number of amides is 1. The molecule has 1 aromatic heterocycles. The summed E-state index contributed by atoms with van der Waals surface area (Å²) in [6.45, 7) is 0.581. The Labute approximate surface area is 103 Å². The maximum absolute atomic E-state index is 11.7. The van der Waals surface area contributed by atoms with Crippen molar-refractivity contribution in [2.24, 2.45) is 0 Å². The molecule has 0 bridgehead atoms. The van der Waals surface area contributed by atoms with E-state index in [0.717, 1.165) is 12.1 Å². The summed E-state index contributed by atoms with van der Waals surface area (Å²) in [5.41, 5.74) is 9.58. The van der Waals surface area contributed by atoms with Crippen LogP contribution in [0.1, 0.15) is 16.1 Å². The summed E-state index contributed by atoms with van der Waals surface area (Å²) >= 11 is 1.56. The first kappa shape index (κ1) is 11.6. The summed E-state index contributed by atoms with van der Waals surface area (Å²) in [7, 11) is 0. The SMILES string of the molecule is Nc1cccc(C(=O)NCCc2cscn2)c1. The monoisotopic (exact) mass is 247 g/mol. The molecule has 1 amide bonds. The van der Waals surface area contributed by atoms with Gasteiger partial charge in [0.05, 0.1) is 11.2 Å². The Morgan fingerprint density at radius 2 is 2.35 bits per heavy atom. The van der Waals surface area contributed by atoms with Crippen LogP contribution in [0.5, 0.6) is 0 Å². The summed E-state index contributed by atoms with van der Waals surface area (Å²) in [6.07, 6.45) is 0.748. The normalized spacial score (nSPS) is 10.1. The molecular formula is C12H13N3OS. The first-order chi connectivity index (χ1) is 8.25. The molecule has 4 nitrogen and oxygen atoms in total. The Morgan fingerprint density at radius 3 is 3.06 bits per heavy atom. The molecule has 1 heterocycles. The molecule has 2 aromatic rings. The van der Waals surface area contributed by atoms with Crippen molar-refractivity contribution in [1.29, 1.82) is 0 Å². The van der Waals surface area contributed by atoms with E-state index in [4.69, 9.17) is 5.73 Å². The van der Waals surface area contributed by atoms with Crippen molar-refractivity contribution in [2.75, 3.05) is 12.3 Å². The van der Waals surface area contributed by atoms with Gasteiger partial charge in [-0.3, -0.25) is 4.79 Å². The first-order valence-electron chi connectivity index (χ1n) is 5.26. The second kappa shape index (κ2) is 5.45. The van der Waals surface area contributed by atoms with Gasteiger partial charge in [0.15, 0.2) is 0 Å². The maximum atomic E-state index is 11.7. The van der Waals surface area contributed by atoms with Gasteiger partial charge < -0.3 is 11.1 Å². The van der Waals surface area contributed by atoms with Crippen molar-refractivity contribution in [1.82, 2.24) is 10.3 Å². The molecule has 0 aliphatic heterocycles. The molecule has 0 unspecified atom stereocenters. The van der Waals surface area contributed by atoms with Crippen LogP contribution in [0.4, 0.5) is 5.69 Å². The second-order valence-electron chi connectivity index (χ2n) is 3.61. The Hall–Kier alpha value is -1.88. The number of carbonyl (C=O) groups excluding carboxylic acids is 1. The standard InChI is InChI=1S/C12H13N3OS/c13-10-3-1-2-9(6-10)12(16)14-5-4-11-7-17-8-15-11/h1-3,6-8H,4-5,13H2,(H,14,16). The number of hydrogen-bond acceptors (Lipinski definition) is 4. The van der Waals surface area contributed by atoms with Crippen molar-refractivity contribution in [3.8, 4) is 0 Å². The van der Waals surface area contributed by atoms with Crippen molar-refractivity contribution in [3.05, 3.63) is 46.4 Å². The molecular weight excluding hydrogens is 234 g/mol. The molecule has 88 valence electrons. The summed E-state index contributed by atoms with van der Waals surface area (Å²) in [6, 6.07) is 6.93. The number of nitrogen functional groups attached to an aromatic ring is 1. The highest BCUT2D eigenvalue weighted by atomic mass is 32.1. The minimum absolute atomic E-state index is 0.104. The number of nitrogens with one attached hydrogen (secondary N) is 1. The predicted octanol–water partition coefficient (Wildman–Crippen LogP) is 1.70. The van der Waals surface area contributed by atoms with E-state index in [9.17, 15) is 4.79 Å². The number of anilines is 1. The van der Waals surface area contributed by atoms with Gasteiger partial charge in [0.25, 0.3) is 5.91 Å². The van der Waals surface area contributed by atoms with Crippen LogP contribution in [-0.4, -0.2) is 17.4 Å². The number of nitrogens with zero attached hydrogens (tertiary/aromatic N) is 1. The van der Waals surface area contributed by atoms with Gasteiger partial charge in [-0.15, -0.1) is 11.3 Å². The minimum atomic E-state index is -0.104. The van der Waals surface area contributed by atoms with E-state index in [1.807, 2.05) is 5.38 Å². The molecule has 0 spiro atoms. The second-order valence-corrected chi connectivity index (χ2v) is 4.33. The summed E-state index contributed by atoms with van der Waals surface area (Å²) in [5.74, 6) is -0.104. The van der Waals surface area contributed by atoms with E-state index in [1.54, 1.807) is 41.1 Å². The highest BCUT2D eigenvalue weighted by Crippen LogP contribution is 2.06. The molecule has 0 radical (unpaired) electrons. The van der Waals surface area contributed by atoms with E-state index in [2.05, 4.69) is 10.3 Å². The molecule has 0 atom stereocenters. The lowest BCUT2D eigenvalue weighted by Crippen LogP contribution is -2.25. The maximum Gasteiger partial charge on any atom is 0.251 e. The van der Waals surface area contributed by atoms with Crippen molar-refractivity contribution < 1.29 is 4.79 Å². The zero-order valence-electron chi connectivity index (χ0n) is 9.22. The van der Waals surface area contributed by atoms with Gasteiger partial charge in [0, 0.05) is 29.6 Å². The molecule has 17 heavy (non-hydrogen) atoms. The van der Waals surface area contributed by atoms with E-state index < -0.39 is 0 Å². The average Bonchev–Trinajstić information content (AvgIpc) is 2.82. The van der Waals surface area contributed by atoms with Gasteiger partial charge in [-0.1, -0.05) is 6.07 Å². The van der Waals surface area contributed by atoms with Crippen LogP contribution >= 0.6 is 11.3 Å². The molecule has 0 fully saturated rings. The van der Waals surface area contributed by atoms with E-state index >= 15 is 0 Å². The van der Waals surface area contributed by atoms with Crippen LogP contribution < -0.4 is 11.1 Å². The predicted molar refractivity (Wildman–Crippen MR) is 69.0 cm³/mol. The van der Waals surface area contributed by atoms with Crippen LogP contribution in [0.15, 0.2) is 35.2 Å². The molecule has 3 N–H and O–H groups in total. The molecule has 0 saturated heterocycles. The lowest BCUT2D eigenvalue weighted by atomic mass is 10.2. The molecule has 0 aliphatic rings. The van der Waals surface area contributed by atoms with Crippen LogP contribution in [-0.2, 0) is 6.42 Å². The molecule has 1 aromatic carbocycles. The third-order valence-electron chi connectivity index (χ3n) is 2.30. The largest absolute Gasteiger partial charge is 0.399 e. The van der Waals surface area contributed by atoms with Gasteiger partial charge in [-0.05, 0) is 18.2 Å². The van der Waals surface area contributed by atoms with Gasteiger partial charge in [-0.25, -0.2) is 4.98 Å². The fourth-order valence-electron chi connectivity index (χ4n) is 1.45. The quantitative estimate of drug-likeness (QED) is 0.808. The number of nitrogens with two attached hydrogens (primary N) is 1. The lowest BCUT2D eigenvalue weighted by molar-refractivity contribution is 0.0954. The number of aromatic nitrogens is 1. The molecule has 0 saturated carbocycles. The van der Waals surface area contributed by atoms with E-state index in [-0.39, 0.29) is 5.91 Å². The molecule has 0 aliphatic carbocycles. The van der Waals surface area contributed by atoms with Crippen LogP contribution in [0.2, 0.25) is 0 Å². The first-order valence-corrected chi connectivity index (χ1v) is 6.21. The van der Waals surface area contributed by atoms with Gasteiger partial charge >= 0.3 is 0 Å². The fraction of sp³-hybridized carbons (Fsp3) is 0.167. The van der Waals surface area contributed by atoms with Crippen LogP contribution in [0, 0.1) is 0 Å². The average molecular weight is 247 g/mol. The van der Waals surface area contributed by atoms with Crippen molar-refractivity contribution in [3.63, 3.8) is 0 Å². The zero-order chi connectivity index (χ0) is 12.1. The molecule has 5 heteroatoms. The summed E-state index contributed by atoms with van der Waals surface area (Å²) in [5, 5.41) is 4.81.